The summed E-state index contributed by atoms with van der Waals surface area (Å²) in [6, 6.07) is 10.9. The summed E-state index contributed by atoms with van der Waals surface area (Å²) in [4.78, 5) is 13.7. The van der Waals surface area contributed by atoms with E-state index in [0.29, 0.717) is 11.4 Å². The second kappa shape index (κ2) is 6.81. The summed E-state index contributed by atoms with van der Waals surface area (Å²) in [5, 5.41) is 0. The van der Waals surface area contributed by atoms with Gasteiger partial charge in [0.1, 0.15) is 11.6 Å². The van der Waals surface area contributed by atoms with Gasteiger partial charge in [-0.25, -0.2) is 17.5 Å². The molecule has 1 fully saturated rings. The van der Waals surface area contributed by atoms with Crippen molar-refractivity contribution in [2.75, 3.05) is 18.6 Å². The van der Waals surface area contributed by atoms with Crippen molar-refractivity contribution in [3.05, 3.63) is 54.3 Å². The van der Waals surface area contributed by atoms with Crippen LogP contribution in [0.2, 0.25) is 0 Å². The van der Waals surface area contributed by atoms with Gasteiger partial charge in [0.25, 0.3) is 0 Å². The Hall–Kier alpha value is -2.45. The summed E-state index contributed by atoms with van der Waals surface area (Å²) in [5.41, 5.74) is 0.675. The van der Waals surface area contributed by atoms with E-state index in [0.717, 1.165) is 12.1 Å². The molecule has 0 spiro atoms. The van der Waals surface area contributed by atoms with E-state index in [9.17, 15) is 17.6 Å². The Morgan fingerprint density at radius 2 is 1.76 bits per heavy atom. The fourth-order valence-corrected chi connectivity index (χ4v) is 3.93. The number of nitrogens with zero attached hydrogens (tertiary/aromatic N) is 1. The predicted molar refractivity (Wildman–Crippen MR) is 90.5 cm³/mol. The first kappa shape index (κ1) is 17.4. The number of benzene rings is 2. The molecule has 0 aliphatic carbocycles. The van der Waals surface area contributed by atoms with Crippen LogP contribution < -0.4 is 14.4 Å². The van der Waals surface area contributed by atoms with E-state index in [2.05, 4.69) is 4.72 Å². The van der Waals surface area contributed by atoms with Crippen molar-refractivity contribution >= 4 is 21.6 Å². The number of anilines is 1. The van der Waals surface area contributed by atoms with E-state index in [-0.39, 0.29) is 23.8 Å². The largest absolute Gasteiger partial charge is 0.497 e. The molecule has 0 aromatic heterocycles. The van der Waals surface area contributed by atoms with E-state index < -0.39 is 21.9 Å². The number of hydrogen-bond donors (Lipinski definition) is 1. The number of ether oxygens (including phenoxy) is 1. The second-order valence-electron chi connectivity index (χ2n) is 5.68. The standard InChI is InChI=1S/C17H17FN2O4S/c1-24-15-6-4-14(5-7-15)20-11-13(10-17(20)21)19-25(22,23)16-8-2-12(18)3-9-16/h2-9,13,19H,10-11H2,1H3/t13-/m0/s1. The fraction of sp³-hybridized carbons (Fsp3) is 0.235. The summed E-state index contributed by atoms with van der Waals surface area (Å²) in [6.45, 7) is 0.228. The maximum absolute atomic E-state index is 12.9. The van der Waals surface area contributed by atoms with Gasteiger partial charge in [0.2, 0.25) is 15.9 Å². The molecule has 1 amide bonds. The molecule has 1 N–H and O–H groups in total. The van der Waals surface area contributed by atoms with Crippen LogP contribution in [0.3, 0.4) is 0 Å². The average molecular weight is 364 g/mol. The minimum absolute atomic E-state index is 0.0377. The smallest absolute Gasteiger partial charge is 0.240 e. The summed E-state index contributed by atoms with van der Waals surface area (Å²) in [7, 11) is -2.26. The van der Waals surface area contributed by atoms with Gasteiger partial charge in [-0.15, -0.1) is 0 Å². The van der Waals surface area contributed by atoms with Crippen LogP contribution in [0.5, 0.6) is 5.75 Å². The maximum Gasteiger partial charge on any atom is 0.240 e. The van der Waals surface area contributed by atoms with Gasteiger partial charge in [-0.1, -0.05) is 0 Å². The highest BCUT2D eigenvalue weighted by Crippen LogP contribution is 2.25. The Balaban J connectivity index is 1.72. The van der Waals surface area contributed by atoms with Gasteiger partial charge in [0.05, 0.1) is 12.0 Å². The molecule has 1 atom stereocenters. The lowest BCUT2D eigenvalue weighted by molar-refractivity contribution is -0.117. The molecule has 0 bridgehead atoms. The fourth-order valence-electron chi connectivity index (χ4n) is 2.70. The molecule has 1 heterocycles. The van der Waals surface area contributed by atoms with Crippen LogP contribution in [0.4, 0.5) is 10.1 Å². The van der Waals surface area contributed by atoms with Gasteiger partial charge in [-0.3, -0.25) is 4.79 Å². The first-order valence-electron chi connectivity index (χ1n) is 7.61. The molecule has 6 nitrogen and oxygen atoms in total. The molecule has 0 radical (unpaired) electrons. The van der Waals surface area contributed by atoms with Gasteiger partial charge in [0, 0.05) is 24.7 Å². The molecule has 2 aromatic rings. The average Bonchev–Trinajstić information content (AvgIpc) is 2.95. The lowest BCUT2D eigenvalue weighted by Crippen LogP contribution is -2.37. The minimum atomic E-state index is -3.82. The van der Waals surface area contributed by atoms with Crippen LogP contribution in [-0.4, -0.2) is 34.0 Å². The van der Waals surface area contributed by atoms with Crippen LogP contribution >= 0.6 is 0 Å². The zero-order chi connectivity index (χ0) is 18.0. The molecule has 1 aliphatic rings. The first-order valence-corrected chi connectivity index (χ1v) is 9.10. The van der Waals surface area contributed by atoms with Gasteiger partial charge in [-0.2, -0.15) is 0 Å². The number of carbonyl (C=O) groups is 1. The van der Waals surface area contributed by atoms with Gasteiger partial charge in [0.15, 0.2) is 0 Å². The zero-order valence-electron chi connectivity index (χ0n) is 13.5. The Morgan fingerprint density at radius 1 is 1.12 bits per heavy atom. The van der Waals surface area contributed by atoms with E-state index in [1.165, 1.54) is 17.0 Å². The number of methoxy groups -OCH3 is 1. The molecule has 132 valence electrons. The number of rotatable bonds is 5. The number of halogens is 1. The molecule has 1 saturated heterocycles. The Morgan fingerprint density at radius 3 is 2.36 bits per heavy atom. The SMILES string of the molecule is COc1ccc(N2C[C@@H](NS(=O)(=O)c3ccc(F)cc3)CC2=O)cc1. The third-order valence-corrected chi connectivity index (χ3v) is 5.49. The summed E-state index contributed by atoms with van der Waals surface area (Å²) in [6.07, 6.45) is 0.0620. The van der Waals surface area contributed by atoms with Gasteiger partial charge >= 0.3 is 0 Å². The first-order chi connectivity index (χ1) is 11.9. The van der Waals surface area contributed by atoms with Crippen LogP contribution in [0.15, 0.2) is 53.4 Å². The van der Waals surface area contributed by atoms with Crippen molar-refractivity contribution in [2.45, 2.75) is 17.4 Å². The highest BCUT2D eigenvalue weighted by Gasteiger charge is 2.33. The molecule has 2 aromatic carbocycles. The third-order valence-electron chi connectivity index (χ3n) is 3.95. The molecule has 0 saturated carbocycles. The molecular weight excluding hydrogens is 347 g/mol. The van der Waals surface area contributed by atoms with Crippen molar-refractivity contribution in [1.82, 2.24) is 4.72 Å². The normalized spacial score (nSPS) is 17.8. The second-order valence-corrected chi connectivity index (χ2v) is 7.39. The Bertz CT molecular complexity index is 867. The van der Waals surface area contributed by atoms with E-state index in [4.69, 9.17) is 4.74 Å². The quantitative estimate of drug-likeness (QED) is 0.880. The molecule has 1 aliphatic heterocycles. The van der Waals surface area contributed by atoms with Crippen molar-refractivity contribution < 1.29 is 22.3 Å². The van der Waals surface area contributed by atoms with Crippen molar-refractivity contribution in [1.29, 1.82) is 0 Å². The lowest BCUT2D eigenvalue weighted by Gasteiger charge is -2.17. The van der Waals surface area contributed by atoms with E-state index in [1.54, 1.807) is 31.4 Å². The molecule has 25 heavy (non-hydrogen) atoms. The Labute approximate surface area is 145 Å². The summed E-state index contributed by atoms with van der Waals surface area (Å²) < 4.78 is 45.2. The third kappa shape index (κ3) is 3.80. The van der Waals surface area contributed by atoms with Crippen LogP contribution in [0.1, 0.15) is 6.42 Å². The highest BCUT2D eigenvalue weighted by atomic mass is 32.2. The van der Waals surface area contributed by atoms with E-state index >= 15 is 0 Å². The number of sulfonamides is 1. The minimum Gasteiger partial charge on any atom is -0.497 e. The number of carbonyl (C=O) groups excluding carboxylic acids is 1. The maximum atomic E-state index is 12.9. The van der Waals surface area contributed by atoms with E-state index in [1.807, 2.05) is 0 Å². The monoisotopic (exact) mass is 364 g/mol. The molecular formula is C17H17FN2O4S. The number of hydrogen-bond acceptors (Lipinski definition) is 4. The molecule has 8 heteroatoms. The molecule has 3 rings (SSSR count). The topological polar surface area (TPSA) is 75.7 Å². The van der Waals surface area contributed by atoms with Crippen molar-refractivity contribution in [3.8, 4) is 5.75 Å². The van der Waals surface area contributed by atoms with Gasteiger partial charge in [-0.05, 0) is 48.5 Å². The predicted octanol–water partition coefficient (Wildman–Crippen LogP) is 1.92. The Kier molecular flexibility index (Phi) is 4.73. The van der Waals surface area contributed by atoms with Crippen LogP contribution in [0.25, 0.3) is 0 Å². The van der Waals surface area contributed by atoms with Crippen molar-refractivity contribution in [2.24, 2.45) is 0 Å². The number of nitrogens with one attached hydrogen (secondary N) is 1. The highest BCUT2D eigenvalue weighted by molar-refractivity contribution is 7.89. The molecule has 0 unspecified atom stereocenters. The summed E-state index contributed by atoms with van der Waals surface area (Å²) in [5.74, 6) is -0.0124. The lowest BCUT2D eigenvalue weighted by atomic mass is 10.3. The summed E-state index contributed by atoms with van der Waals surface area (Å²) >= 11 is 0. The van der Waals surface area contributed by atoms with Crippen LogP contribution in [-0.2, 0) is 14.8 Å². The number of amides is 1. The zero-order valence-corrected chi connectivity index (χ0v) is 14.3. The van der Waals surface area contributed by atoms with Crippen molar-refractivity contribution in [3.63, 3.8) is 0 Å². The van der Waals surface area contributed by atoms with Crippen LogP contribution in [0, 0.1) is 5.82 Å². The van der Waals surface area contributed by atoms with Gasteiger partial charge < -0.3 is 9.64 Å².